The standard InChI is InChI=1S/C19H32ClN3O3S/c1-15-12-16-13-17(14-18(20)19(16)26-15)27(24,25)23(10-6-8-21(2)3)11-7-9-22(4)5/h13-15H,6-12H2,1-5H3. The molecule has 0 aromatic heterocycles. The van der Waals surface area contributed by atoms with E-state index in [1.807, 2.05) is 35.1 Å². The molecular formula is C19H32ClN3O3S. The number of nitrogens with zero attached hydrogens (tertiary/aromatic N) is 3. The van der Waals surface area contributed by atoms with E-state index in [1.54, 1.807) is 10.4 Å². The van der Waals surface area contributed by atoms with Gasteiger partial charge in [-0.2, -0.15) is 4.31 Å². The molecule has 154 valence electrons. The van der Waals surface area contributed by atoms with Crippen LogP contribution in [-0.2, 0) is 16.4 Å². The van der Waals surface area contributed by atoms with Gasteiger partial charge >= 0.3 is 0 Å². The lowest BCUT2D eigenvalue weighted by Gasteiger charge is -2.24. The zero-order chi connectivity index (χ0) is 20.2. The van der Waals surface area contributed by atoms with E-state index in [-0.39, 0.29) is 11.0 Å². The van der Waals surface area contributed by atoms with Crippen molar-refractivity contribution in [2.45, 2.75) is 37.2 Å². The Balaban J connectivity index is 2.23. The third-order valence-corrected chi connectivity index (χ3v) is 6.74. The zero-order valence-corrected chi connectivity index (χ0v) is 18.6. The Hall–Kier alpha value is -0.860. The van der Waals surface area contributed by atoms with Gasteiger partial charge < -0.3 is 14.5 Å². The zero-order valence-electron chi connectivity index (χ0n) is 17.0. The van der Waals surface area contributed by atoms with E-state index in [1.165, 1.54) is 6.07 Å². The normalized spacial score (nSPS) is 17.0. The maximum atomic E-state index is 13.3. The van der Waals surface area contributed by atoms with Crippen LogP contribution in [-0.4, -0.2) is 83.0 Å². The first-order valence-corrected chi connectivity index (χ1v) is 11.2. The Kier molecular flexibility index (Phi) is 7.94. The lowest BCUT2D eigenvalue weighted by atomic mass is 10.1. The quantitative estimate of drug-likeness (QED) is 0.585. The van der Waals surface area contributed by atoms with E-state index in [0.717, 1.165) is 31.5 Å². The van der Waals surface area contributed by atoms with Gasteiger partial charge in [-0.1, -0.05) is 11.6 Å². The molecule has 1 unspecified atom stereocenters. The van der Waals surface area contributed by atoms with Crippen LogP contribution in [0.25, 0.3) is 0 Å². The first-order valence-electron chi connectivity index (χ1n) is 9.40. The molecule has 1 aromatic rings. The van der Waals surface area contributed by atoms with Crippen LogP contribution in [0.3, 0.4) is 0 Å². The Morgan fingerprint density at radius 1 is 1.04 bits per heavy atom. The summed E-state index contributed by atoms with van der Waals surface area (Å²) in [6.45, 7) is 4.64. The van der Waals surface area contributed by atoms with E-state index in [9.17, 15) is 8.42 Å². The summed E-state index contributed by atoms with van der Waals surface area (Å²) in [6, 6.07) is 3.25. The fraction of sp³-hybridized carbons (Fsp3) is 0.684. The van der Waals surface area contributed by atoms with Gasteiger partial charge in [-0.25, -0.2) is 8.42 Å². The van der Waals surface area contributed by atoms with Gasteiger partial charge in [0, 0.05) is 25.1 Å². The van der Waals surface area contributed by atoms with E-state index in [4.69, 9.17) is 16.3 Å². The summed E-state index contributed by atoms with van der Waals surface area (Å²) in [4.78, 5) is 4.39. The van der Waals surface area contributed by atoms with Gasteiger partial charge in [0.2, 0.25) is 10.0 Å². The molecule has 0 saturated heterocycles. The maximum Gasteiger partial charge on any atom is 0.243 e. The Morgan fingerprint density at radius 2 is 1.59 bits per heavy atom. The van der Waals surface area contributed by atoms with Gasteiger partial charge in [-0.15, -0.1) is 0 Å². The minimum atomic E-state index is -3.60. The van der Waals surface area contributed by atoms with Crippen molar-refractivity contribution >= 4 is 21.6 Å². The summed E-state index contributed by atoms with van der Waals surface area (Å²) in [5.41, 5.74) is 0.870. The molecule has 0 saturated carbocycles. The molecule has 8 heteroatoms. The number of ether oxygens (including phenoxy) is 1. The van der Waals surface area contributed by atoms with Gasteiger partial charge in [0.15, 0.2) is 0 Å². The third-order valence-electron chi connectivity index (χ3n) is 4.58. The van der Waals surface area contributed by atoms with E-state index >= 15 is 0 Å². The first-order chi connectivity index (χ1) is 12.6. The first kappa shape index (κ1) is 22.4. The lowest BCUT2D eigenvalue weighted by molar-refractivity contribution is 0.255. The molecule has 1 atom stereocenters. The molecule has 0 fully saturated rings. The summed E-state index contributed by atoms with van der Waals surface area (Å²) in [5, 5.41) is 0.372. The van der Waals surface area contributed by atoms with E-state index < -0.39 is 10.0 Å². The average molecular weight is 418 g/mol. The molecule has 0 spiro atoms. The fourth-order valence-electron chi connectivity index (χ4n) is 3.24. The van der Waals surface area contributed by atoms with Crippen molar-refractivity contribution in [1.82, 2.24) is 14.1 Å². The third kappa shape index (κ3) is 6.06. The summed E-state index contributed by atoms with van der Waals surface area (Å²) in [7, 11) is 4.37. The van der Waals surface area contributed by atoms with E-state index in [0.29, 0.717) is 30.3 Å². The fourth-order valence-corrected chi connectivity index (χ4v) is 5.18. The topological polar surface area (TPSA) is 53.1 Å². The van der Waals surface area contributed by atoms with Crippen LogP contribution in [0, 0.1) is 0 Å². The highest BCUT2D eigenvalue weighted by Gasteiger charge is 2.29. The Bertz CT molecular complexity index is 724. The summed E-state index contributed by atoms with van der Waals surface area (Å²) < 4.78 is 33.9. The van der Waals surface area contributed by atoms with E-state index in [2.05, 4.69) is 9.80 Å². The predicted octanol–water partition coefficient (Wildman–Crippen LogP) is 2.56. The van der Waals surface area contributed by atoms with Crippen molar-refractivity contribution in [3.63, 3.8) is 0 Å². The number of rotatable bonds is 10. The molecule has 27 heavy (non-hydrogen) atoms. The summed E-state index contributed by atoms with van der Waals surface area (Å²) in [5.74, 6) is 0.620. The predicted molar refractivity (Wildman–Crippen MR) is 110 cm³/mol. The Morgan fingerprint density at radius 3 is 2.11 bits per heavy atom. The molecule has 0 aliphatic carbocycles. The van der Waals surface area contributed by atoms with Crippen LogP contribution >= 0.6 is 11.6 Å². The number of fused-ring (bicyclic) bond motifs is 1. The highest BCUT2D eigenvalue weighted by molar-refractivity contribution is 7.89. The van der Waals surface area contributed by atoms with Gasteiger partial charge in [0.25, 0.3) is 0 Å². The smallest absolute Gasteiger partial charge is 0.243 e. The highest BCUT2D eigenvalue weighted by Crippen LogP contribution is 2.38. The van der Waals surface area contributed by atoms with Gasteiger partial charge in [0.1, 0.15) is 11.9 Å². The average Bonchev–Trinajstić information content (AvgIpc) is 2.93. The van der Waals surface area contributed by atoms with Gasteiger partial charge in [0.05, 0.1) is 9.92 Å². The van der Waals surface area contributed by atoms with Crippen molar-refractivity contribution < 1.29 is 13.2 Å². The molecular weight excluding hydrogens is 386 g/mol. The SMILES string of the molecule is CC1Cc2cc(S(=O)(=O)N(CCCN(C)C)CCCN(C)C)cc(Cl)c2O1. The minimum Gasteiger partial charge on any atom is -0.489 e. The van der Waals surface area contributed by atoms with Crippen LogP contribution in [0.5, 0.6) is 5.75 Å². The van der Waals surface area contributed by atoms with Crippen LogP contribution in [0.2, 0.25) is 5.02 Å². The largest absolute Gasteiger partial charge is 0.489 e. The number of benzene rings is 1. The second-order valence-corrected chi connectivity index (χ2v) is 10.1. The molecule has 0 bridgehead atoms. The van der Waals surface area contributed by atoms with Crippen molar-refractivity contribution in [3.8, 4) is 5.75 Å². The number of halogens is 1. The van der Waals surface area contributed by atoms with Crippen molar-refractivity contribution in [3.05, 3.63) is 22.7 Å². The van der Waals surface area contributed by atoms with Crippen molar-refractivity contribution in [1.29, 1.82) is 0 Å². The number of hydrogen-bond donors (Lipinski definition) is 0. The van der Waals surface area contributed by atoms with Crippen LogP contribution < -0.4 is 4.74 Å². The molecule has 2 rings (SSSR count). The second-order valence-electron chi connectivity index (χ2n) is 7.74. The molecule has 0 N–H and O–H groups in total. The lowest BCUT2D eigenvalue weighted by Crippen LogP contribution is -2.35. The van der Waals surface area contributed by atoms with Gasteiger partial charge in [-0.3, -0.25) is 0 Å². The molecule has 1 aliphatic rings. The molecule has 1 heterocycles. The minimum absolute atomic E-state index is 0.0201. The molecule has 0 radical (unpaired) electrons. The highest BCUT2D eigenvalue weighted by atomic mass is 35.5. The van der Waals surface area contributed by atoms with Crippen LogP contribution in [0.1, 0.15) is 25.3 Å². The maximum absolute atomic E-state index is 13.3. The van der Waals surface area contributed by atoms with Gasteiger partial charge in [-0.05, 0) is 73.2 Å². The monoisotopic (exact) mass is 417 g/mol. The summed E-state index contributed by atoms with van der Waals surface area (Å²) >= 11 is 6.32. The van der Waals surface area contributed by atoms with Crippen molar-refractivity contribution in [2.24, 2.45) is 0 Å². The number of sulfonamides is 1. The Labute approximate surface area is 169 Å². The van der Waals surface area contributed by atoms with Crippen molar-refractivity contribution in [2.75, 3.05) is 54.4 Å². The van der Waals surface area contributed by atoms with Crippen LogP contribution in [0.15, 0.2) is 17.0 Å². The number of hydrogen-bond acceptors (Lipinski definition) is 5. The molecule has 6 nitrogen and oxygen atoms in total. The van der Waals surface area contributed by atoms with Crippen LogP contribution in [0.4, 0.5) is 0 Å². The molecule has 1 aromatic carbocycles. The second kappa shape index (κ2) is 9.56. The molecule has 0 amide bonds. The molecule has 1 aliphatic heterocycles. The summed E-state index contributed by atoms with van der Waals surface area (Å²) in [6.07, 6.45) is 2.27.